The van der Waals surface area contributed by atoms with E-state index >= 15 is 0 Å². The van der Waals surface area contributed by atoms with Crippen molar-refractivity contribution in [3.05, 3.63) is 93.2 Å². The van der Waals surface area contributed by atoms with Crippen molar-refractivity contribution in [2.45, 2.75) is 76.9 Å². The van der Waals surface area contributed by atoms with E-state index in [9.17, 15) is 9.59 Å². The lowest BCUT2D eigenvalue weighted by molar-refractivity contribution is -0.123. The van der Waals surface area contributed by atoms with E-state index in [4.69, 9.17) is 48.5 Å². The zero-order chi connectivity index (χ0) is 34.9. The van der Waals surface area contributed by atoms with E-state index in [-0.39, 0.29) is 23.9 Å². The third-order valence-electron chi connectivity index (χ3n) is 9.33. The summed E-state index contributed by atoms with van der Waals surface area (Å²) in [6, 6.07) is 16.8. The van der Waals surface area contributed by atoms with Gasteiger partial charge in [-0.15, -0.1) is 0 Å². The number of aromatic nitrogens is 1. The highest BCUT2D eigenvalue weighted by Gasteiger charge is 2.60. The summed E-state index contributed by atoms with van der Waals surface area (Å²) < 4.78 is 6.20. The number of aliphatic imine (C=N–C) groups is 1. The fraction of sp³-hybridized carbons (Fsp3) is 0.444. The number of nitrogens with one attached hydrogen (secondary N) is 1. The Morgan fingerprint density at radius 1 is 1.00 bits per heavy atom. The van der Waals surface area contributed by atoms with Gasteiger partial charge in [0.1, 0.15) is 16.8 Å². The number of hydroxylamine groups is 2. The molecular formula is C36H44Cl2N6O4. The molecule has 2 aliphatic heterocycles. The summed E-state index contributed by atoms with van der Waals surface area (Å²) in [6.45, 7) is 14.1. The molecule has 2 amide bonds. The van der Waals surface area contributed by atoms with Gasteiger partial charge in [0.15, 0.2) is 5.84 Å². The number of piperidine rings is 1. The molecule has 3 aromatic rings. The van der Waals surface area contributed by atoms with Crippen molar-refractivity contribution >= 4 is 41.0 Å². The van der Waals surface area contributed by atoms with Crippen LogP contribution in [0.4, 0.5) is 4.79 Å². The van der Waals surface area contributed by atoms with Gasteiger partial charge in [-0.3, -0.25) is 19.7 Å². The van der Waals surface area contributed by atoms with Crippen molar-refractivity contribution < 1.29 is 19.2 Å². The molecule has 0 bridgehead atoms. The first-order valence-electron chi connectivity index (χ1n) is 16.2. The maximum Gasteiger partial charge on any atom is 0.431 e. The van der Waals surface area contributed by atoms with Crippen molar-refractivity contribution in [3.8, 4) is 5.75 Å². The van der Waals surface area contributed by atoms with Crippen LogP contribution in [-0.2, 0) is 26.1 Å². The summed E-state index contributed by atoms with van der Waals surface area (Å²) in [4.78, 5) is 43.8. The number of amides is 2. The van der Waals surface area contributed by atoms with Gasteiger partial charge in [-0.1, -0.05) is 68.2 Å². The molecule has 48 heavy (non-hydrogen) atoms. The smallest absolute Gasteiger partial charge is 0.431 e. The fourth-order valence-corrected chi connectivity index (χ4v) is 6.65. The molecule has 0 radical (unpaired) electrons. The molecule has 2 aliphatic rings. The lowest BCUT2D eigenvalue weighted by Crippen LogP contribution is -2.55. The Kier molecular flexibility index (Phi) is 10.3. The minimum absolute atomic E-state index is 0.152. The molecule has 1 saturated heterocycles. The lowest BCUT2D eigenvalue weighted by Gasteiger charge is -2.44. The van der Waals surface area contributed by atoms with Crippen LogP contribution in [0.15, 0.2) is 65.8 Å². The Hall–Kier alpha value is -3.86. The first-order valence-corrected chi connectivity index (χ1v) is 17.0. The summed E-state index contributed by atoms with van der Waals surface area (Å²) in [7, 11) is 0. The van der Waals surface area contributed by atoms with E-state index in [0.29, 0.717) is 59.7 Å². The number of nitrogens with zero attached hydrogens (tertiary/aromatic N) is 4. The largest absolute Gasteiger partial charge is 0.493 e. The number of primary amides is 1. The zero-order valence-electron chi connectivity index (χ0n) is 28.3. The first-order chi connectivity index (χ1) is 22.7. The summed E-state index contributed by atoms with van der Waals surface area (Å²) in [5, 5.41) is 5.79. The van der Waals surface area contributed by atoms with Crippen LogP contribution in [0.2, 0.25) is 10.0 Å². The molecule has 0 spiro atoms. The standard InChI is InChI=1S/C36H44Cl2N6O4/c1-7-47-29-20-30(34(2,3)4)40-21-28(29)32-42-35(5,23-8-12-25(37)13-9-23)36(6,24-10-14-26(38)15-11-24)44(32)48-33(46)41-27-16-18-43(19-17-27)22-31(39)45/h8-15,20-21,27H,7,16-19,22H2,1-6H3,(H2,39,45)(H,41,46)/t35-,36+/m0/s1. The molecule has 5 rings (SSSR count). The predicted molar refractivity (Wildman–Crippen MR) is 188 cm³/mol. The number of halogens is 2. The zero-order valence-corrected chi connectivity index (χ0v) is 29.9. The Morgan fingerprint density at radius 2 is 1.58 bits per heavy atom. The second-order valence-corrected chi connectivity index (χ2v) is 14.5. The normalized spacial score (nSPS) is 21.9. The maximum absolute atomic E-state index is 13.9. The van der Waals surface area contributed by atoms with Crippen molar-refractivity contribution in [1.82, 2.24) is 20.3 Å². The number of ether oxygens (including phenoxy) is 1. The first kappa shape index (κ1) is 35.4. The van der Waals surface area contributed by atoms with Crippen LogP contribution >= 0.6 is 23.2 Å². The molecule has 2 aromatic carbocycles. The fourth-order valence-electron chi connectivity index (χ4n) is 6.39. The topological polar surface area (TPSA) is 122 Å². The van der Waals surface area contributed by atoms with Crippen molar-refractivity contribution in [2.75, 3.05) is 26.2 Å². The van der Waals surface area contributed by atoms with Gasteiger partial charge in [0.2, 0.25) is 5.91 Å². The Balaban J connectivity index is 1.62. The predicted octanol–water partition coefficient (Wildman–Crippen LogP) is 6.57. The summed E-state index contributed by atoms with van der Waals surface area (Å²) >= 11 is 12.7. The monoisotopic (exact) mass is 694 g/mol. The maximum atomic E-state index is 13.9. The molecule has 3 N–H and O–H groups in total. The molecule has 12 heteroatoms. The average Bonchev–Trinajstić information content (AvgIpc) is 3.25. The number of hydrogen-bond acceptors (Lipinski definition) is 8. The number of likely N-dealkylation sites (tertiary alicyclic amines) is 1. The van der Waals surface area contributed by atoms with Crippen LogP contribution in [0.5, 0.6) is 5.75 Å². The Bertz CT molecular complexity index is 1670. The number of carbonyl (C=O) groups is 2. The molecule has 0 aliphatic carbocycles. The van der Waals surface area contributed by atoms with Gasteiger partial charge in [-0.2, -0.15) is 5.06 Å². The third kappa shape index (κ3) is 7.11. The number of amidine groups is 1. The quantitative estimate of drug-likeness (QED) is 0.260. The molecule has 1 aromatic heterocycles. The highest BCUT2D eigenvalue weighted by molar-refractivity contribution is 6.30. The van der Waals surface area contributed by atoms with E-state index < -0.39 is 17.2 Å². The minimum Gasteiger partial charge on any atom is -0.493 e. The highest BCUT2D eigenvalue weighted by atomic mass is 35.5. The Morgan fingerprint density at radius 3 is 2.12 bits per heavy atom. The molecule has 1 fully saturated rings. The number of carbonyl (C=O) groups excluding carboxylic acids is 2. The van der Waals surface area contributed by atoms with Gasteiger partial charge in [-0.05, 0) is 69.0 Å². The second-order valence-electron chi connectivity index (χ2n) is 13.7. The van der Waals surface area contributed by atoms with Crippen LogP contribution in [0.1, 0.15) is 76.8 Å². The lowest BCUT2D eigenvalue weighted by atomic mass is 9.71. The number of nitrogens with two attached hydrogens (primary N) is 1. The molecule has 256 valence electrons. The highest BCUT2D eigenvalue weighted by Crippen LogP contribution is 2.53. The molecule has 2 atom stereocenters. The van der Waals surface area contributed by atoms with E-state index in [1.807, 2.05) is 80.3 Å². The van der Waals surface area contributed by atoms with Crippen molar-refractivity contribution in [1.29, 1.82) is 0 Å². The van der Waals surface area contributed by atoms with Crippen LogP contribution in [-0.4, -0.2) is 65.1 Å². The van der Waals surface area contributed by atoms with Crippen molar-refractivity contribution in [3.63, 3.8) is 0 Å². The summed E-state index contributed by atoms with van der Waals surface area (Å²) in [6.07, 6.45) is 2.40. The molecular weight excluding hydrogens is 651 g/mol. The Labute approximate surface area is 292 Å². The van der Waals surface area contributed by atoms with Crippen LogP contribution in [0.3, 0.4) is 0 Å². The van der Waals surface area contributed by atoms with Gasteiger partial charge in [0, 0.05) is 52.5 Å². The second kappa shape index (κ2) is 13.9. The number of hydrogen-bond donors (Lipinski definition) is 2. The van der Waals surface area contributed by atoms with E-state index in [1.54, 1.807) is 11.3 Å². The van der Waals surface area contributed by atoms with Crippen LogP contribution in [0, 0.1) is 0 Å². The van der Waals surface area contributed by atoms with E-state index in [1.165, 1.54) is 0 Å². The van der Waals surface area contributed by atoms with E-state index in [0.717, 1.165) is 16.8 Å². The molecule has 0 unspecified atom stereocenters. The van der Waals surface area contributed by atoms with Gasteiger partial charge < -0.3 is 20.6 Å². The molecule has 3 heterocycles. The summed E-state index contributed by atoms with van der Waals surface area (Å²) in [5.41, 5.74) is 6.15. The van der Waals surface area contributed by atoms with Gasteiger partial charge in [0.25, 0.3) is 0 Å². The van der Waals surface area contributed by atoms with Crippen molar-refractivity contribution in [2.24, 2.45) is 10.7 Å². The van der Waals surface area contributed by atoms with E-state index in [2.05, 4.69) is 26.1 Å². The van der Waals surface area contributed by atoms with Crippen LogP contribution in [0.25, 0.3) is 0 Å². The molecule has 10 nitrogen and oxygen atoms in total. The summed E-state index contributed by atoms with van der Waals surface area (Å²) in [5.74, 6) is 0.585. The number of benzene rings is 2. The SMILES string of the molecule is CCOc1cc(C(C)(C)C)ncc1C1=N[C@@](C)(c2ccc(Cl)cc2)[C@@](C)(c2ccc(Cl)cc2)N1OC(=O)NC1CCN(CC(N)=O)CC1. The van der Waals surface area contributed by atoms with Gasteiger partial charge >= 0.3 is 6.09 Å². The van der Waals surface area contributed by atoms with Gasteiger partial charge in [0.05, 0.1) is 18.7 Å². The van der Waals surface area contributed by atoms with Crippen LogP contribution < -0.4 is 15.8 Å². The number of pyridine rings is 1. The van der Waals surface area contributed by atoms with Gasteiger partial charge in [-0.25, -0.2) is 4.79 Å². The minimum atomic E-state index is -1.09. The molecule has 0 saturated carbocycles. The number of rotatable bonds is 9. The third-order valence-corrected chi connectivity index (χ3v) is 9.83. The average molecular weight is 696 g/mol.